The molecule has 106 valence electrons. The highest BCUT2D eigenvalue weighted by Gasteiger charge is 2.16. The first-order chi connectivity index (χ1) is 8.81. The van der Waals surface area contributed by atoms with E-state index in [4.69, 9.17) is 10.0 Å². The number of halogens is 1. The van der Waals surface area contributed by atoms with Gasteiger partial charge in [0.05, 0.1) is 0 Å². The van der Waals surface area contributed by atoms with Crippen molar-refractivity contribution in [1.29, 1.82) is 0 Å². The molecule has 1 rings (SSSR count). The van der Waals surface area contributed by atoms with Gasteiger partial charge in [0.1, 0.15) is 5.82 Å². The van der Waals surface area contributed by atoms with E-state index in [9.17, 15) is 4.39 Å². The fourth-order valence-electron chi connectivity index (χ4n) is 2.14. The van der Waals surface area contributed by atoms with Crippen LogP contribution in [0.4, 0.5) is 4.39 Å². The van der Waals surface area contributed by atoms with Crippen molar-refractivity contribution in [1.82, 2.24) is 4.90 Å². The zero-order chi connectivity index (χ0) is 14.6. The first-order valence-corrected chi connectivity index (χ1v) is 6.66. The maximum absolute atomic E-state index is 13.8. The molecule has 0 bridgehead atoms. The van der Waals surface area contributed by atoms with Crippen LogP contribution in [0.15, 0.2) is 18.2 Å². The number of rotatable bonds is 6. The predicted molar refractivity (Wildman–Crippen MR) is 76.6 cm³/mol. The van der Waals surface area contributed by atoms with Crippen LogP contribution in [0.25, 0.3) is 0 Å². The summed E-state index contributed by atoms with van der Waals surface area (Å²) >= 11 is 0. The summed E-state index contributed by atoms with van der Waals surface area (Å²) in [6, 6.07) is 4.72. The van der Waals surface area contributed by atoms with Gasteiger partial charge in [0.2, 0.25) is 0 Å². The SMILES string of the molecule is CC(C)CC(C)N(C)Cc1ccc(B(O)O)cc1F. The summed E-state index contributed by atoms with van der Waals surface area (Å²) in [4.78, 5) is 2.10. The second-order valence-electron chi connectivity index (χ2n) is 5.62. The molecule has 0 aromatic heterocycles. The van der Waals surface area contributed by atoms with Crippen LogP contribution < -0.4 is 5.46 Å². The number of hydrogen-bond acceptors (Lipinski definition) is 3. The highest BCUT2D eigenvalue weighted by atomic mass is 19.1. The van der Waals surface area contributed by atoms with Gasteiger partial charge in [0.25, 0.3) is 0 Å². The normalized spacial score (nSPS) is 13.1. The van der Waals surface area contributed by atoms with Gasteiger partial charge >= 0.3 is 7.12 Å². The lowest BCUT2D eigenvalue weighted by atomic mass is 9.80. The van der Waals surface area contributed by atoms with Crippen LogP contribution in [0.2, 0.25) is 0 Å². The Hall–Kier alpha value is -0.905. The number of nitrogens with zero attached hydrogens (tertiary/aromatic N) is 1. The Morgan fingerprint density at radius 3 is 2.37 bits per heavy atom. The number of hydrogen-bond donors (Lipinski definition) is 2. The molecule has 0 radical (unpaired) electrons. The average molecular weight is 267 g/mol. The van der Waals surface area contributed by atoms with Crippen LogP contribution in [-0.2, 0) is 6.54 Å². The van der Waals surface area contributed by atoms with Gasteiger partial charge in [-0.15, -0.1) is 0 Å². The van der Waals surface area contributed by atoms with Crippen molar-refractivity contribution in [2.75, 3.05) is 7.05 Å². The van der Waals surface area contributed by atoms with Crippen LogP contribution in [0, 0.1) is 11.7 Å². The summed E-state index contributed by atoms with van der Waals surface area (Å²) in [5.41, 5.74) is 0.752. The lowest BCUT2D eigenvalue weighted by molar-refractivity contribution is 0.218. The fourth-order valence-corrected chi connectivity index (χ4v) is 2.14. The number of benzene rings is 1. The molecule has 0 amide bonds. The first-order valence-electron chi connectivity index (χ1n) is 6.66. The van der Waals surface area contributed by atoms with Gasteiger partial charge in [-0.2, -0.15) is 0 Å². The Morgan fingerprint density at radius 2 is 1.89 bits per heavy atom. The van der Waals surface area contributed by atoms with Crippen LogP contribution in [0.5, 0.6) is 0 Å². The molecule has 0 spiro atoms. The minimum atomic E-state index is -1.62. The second kappa shape index (κ2) is 7.03. The molecule has 2 N–H and O–H groups in total. The van der Waals surface area contributed by atoms with E-state index in [1.165, 1.54) is 6.07 Å². The molecule has 1 atom stereocenters. The summed E-state index contributed by atoms with van der Waals surface area (Å²) in [5, 5.41) is 18.0. The van der Waals surface area contributed by atoms with Crippen LogP contribution >= 0.6 is 0 Å². The summed E-state index contributed by atoms with van der Waals surface area (Å²) in [7, 11) is 0.350. The minimum absolute atomic E-state index is 0.180. The van der Waals surface area contributed by atoms with Crippen LogP contribution in [0.1, 0.15) is 32.8 Å². The van der Waals surface area contributed by atoms with E-state index in [2.05, 4.69) is 25.7 Å². The quantitative estimate of drug-likeness (QED) is 0.765. The van der Waals surface area contributed by atoms with E-state index in [0.717, 1.165) is 6.42 Å². The van der Waals surface area contributed by atoms with E-state index in [1.54, 1.807) is 12.1 Å². The van der Waals surface area contributed by atoms with Crippen molar-refractivity contribution >= 4 is 12.6 Å². The molecule has 1 aromatic rings. The summed E-state index contributed by atoms with van der Waals surface area (Å²) in [5.74, 6) is 0.211. The Labute approximate surface area is 115 Å². The third-order valence-electron chi connectivity index (χ3n) is 3.36. The fraction of sp³-hybridized carbons (Fsp3) is 0.571. The minimum Gasteiger partial charge on any atom is -0.423 e. The molecule has 0 saturated heterocycles. The van der Waals surface area contributed by atoms with Crippen molar-refractivity contribution in [3.05, 3.63) is 29.6 Å². The van der Waals surface area contributed by atoms with Crippen molar-refractivity contribution in [3.63, 3.8) is 0 Å². The standard InChI is InChI=1S/C14H23BFNO2/c1-10(2)7-11(3)17(4)9-12-5-6-13(15(18)19)8-14(12)16/h5-6,8,10-11,18-19H,7,9H2,1-4H3. The molecule has 0 aliphatic carbocycles. The Morgan fingerprint density at radius 1 is 1.26 bits per heavy atom. The maximum Gasteiger partial charge on any atom is 0.488 e. The molecule has 0 fully saturated rings. The van der Waals surface area contributed by atoms with Crippen LogP contribution in [-0.4, -0.2) is 35.2 Å². The van der Waals surface area contributed by atoms with Gasteiger partial charge in [-0.3, -0.25) is 4.90 Å². The summed E-state index contributed by atoms with van der Waals surface area (Å²) in [6.07, 6.45) is 1.06. The average Bonchev–Trinajstić information content (AvgIpc) is 2.30. The predicted octanol–water partition coefficient (Wildman–Crippen LogP) is 1.37. The molecule has 0 saturated carbocycles. The van der Waals surface area contributed by atoms with Gasteiger partial charge < -0.3 is 10.0 Å². The Kier molecular flexibility index (Phi) is 5.98. The lowest BCUT2D eigenvalue weighted by Gasteiger charge is -2.26. The molecule has 0 aliphatic heterocycles. The Bertz CT molecular complexity index is 412. The second-order valence-corrected chi connectivity index (χ2v) is 5.62. The third kappa shape index (κ3) is 4.93. The molecule has 5 heteroatoms. The van der Waals surface area contributed by atoms with E-state index < -0.39 is 12.9 Å². The molecule has 1 aromatic carbocycles. The molecular formula is C14H23BFNO2. The molecule has 3 nitrogen and oxygen atoms in total. The zero-order valence-corrected chi connectivity index (χ0v) is 12.1. The van der Waals surface area contributed by atoms with Crippen molar-refractivity contribution < 1.29 is 14.4 Å². The van der Waals surface area contributed by atoms with Gasteiger partial charge in [0.15, 0.2) is 0 Å². The van der Waals surface area contributed by atoms with Crippen molar-refractivity contribution in [3.8, 4) is 0 Å². The van der Waals surface area contributed by atoms with E-state index in [1.807, 2.05) is 7.05 Å². The molecule has 0 aliphatic rings. The monoisotopic (exact) mass is 267 g/mol. The van der Waals surface area contributed by atoms with E-state index in [-0.39, 0.29) is 5.46 Å². The summed E-state index contributed by atoms with van der Waals surface area (Å²) < 4.78 is 13.8. The molecular weight excluding hydrogens is 244 g/mol. The Balaban J connectivity index is 2.71. The van der Waals surface area contributed by atoms with Gasteiger partial charge in [-0.05, 0) is 37.8 Å². The van der Waals surface area contributed by atoms with Gasteiger partial charge in [-0.25, -0.2) is 4.39 Å². The van der Waals surface area contributed by atoms with Crippen molar-refractivity contribution in [2.45, 2.75) is 39.8 Å². The van der Waals surface area contributed by atoms with Crippen molar-refractivity contribution in [2.24, 2.45) is 5.92 Å². The molecule has 1 unspecified atom stereocenters. The lowest BCUT2D eigenvalue weighted by Crippen LogP contribution is -2.32. The highest BCUT2D eigenvalue weighted by Crippen LogP contribution is 2.14. The smallest absolute Gasteiger partial charge is 0.423 e. The third-order valence-corrected chi connectivity index (χ3v) is 3.36. The van der Waals surface area contributed by atoms with E-state index >= 15 is 0 Å². The molecule has 0 heterocycles. The molecule has 19 heavy (non-hydrogen) atoms. The van der Waals surface area contributed by atoms with E-state index in [0.29, 0.717) is 24.1 Å². The van der Waals surface area contributed by atoms with Gasteiger partial charge in [-0.1, -0.05) is 26.0 Å². The summed E-state index contributed by atoms with van der Waals surface area (Å²) in [6.45, 7) is 6.98. The first kappa shape index (κ1) is 16.2. The zero-order valence-electron chi connectivity index (χ0n) is 12.1. The van der Waals surface area contributed by atoms with Crippen LogP contribution in [0.3, 0.4) is 0 Å². The topological polar surface area (TPSA) is 43.7 Å². The highest BCUT2D eigenvalue weighted by molar-refractivity contribution is 6.58. The van der Waals surface area contributed by atoms with Gasteiger partial charge in [0, 0.05) is 18.2 Å². The maximum atomic E-state index is 13.8. The largest absolute Gasteiger partial charge is 0.488 e.